The van der Waals surface area contributed by atoms with Crippen molar-refractivity contribution >= 4 is 65.0 Å². The Morgan fingerprint density at radius 3 is 1.34 bits per heavy atom. The van der Waals surface area contributed by atoms with Crippen molar-refractivity contribution in [3.05, 3.63) is 176 Å². The zero-order chi connectivity index (χ0) is 34.9. The van der Waals surface area contributed by atoms with Crippen molar-refractivity contribution in [2.24, 2.45) is 0 Å². The fraction of sp³-hybridized carbons (Fsp3) is 0. The van der Waals surface area contributed by atoms with E-state index in [2.05, 4.69) is 158 Å². The predicted octanol–water partition coefficient (Wildman–Crippen LogP) is 13.1. The van der Waals surface area contributed by atoms with Crippen LogP contribution >= 0.6 is 0 Å². The number of aromatic nitrogens is 3. The molecule has 0 N–H and O–H groups in total. The Morgan fingerprint density at radius 2 is 0.736 bits per heavy atom. The SMILES string of the molecule is c1ccc2c(c1)ccc1ccc(-c3nc(-c4ccc(-c5cccc6oc7ccccc7c56)cc4)nc(-c4ccc5ccc6ccccc6c5c4)n3)cc12. The van der Waals surface area contributed by atoms with Gasteiger partial charge in [-0.1, -0.05) is 152 Å². The van der Waals surface area contributed by atoms with Crippen molar-refractivity contribution in [3.8, 4) is 45.3 Å². The zero-order valence-corrected chi connectivity index (χ0v) is 28.5. The first kappa shape index (κ1) is 29.5. The number of rotatable bonds is 4. The van der Waals surface area contributed by atoms with E-state index in [-0.39, 0.29) is 0 Å². The Bertz CT molecular complexity index is 3100. The van der Waals surface area contributed by atoms with Gasteiger partial charge in [-0.3, -0.25) is 0 Å². The molecule has 246 valence electrons. The second-order valence-corrected chi connectivity index (χ2v) is 13.6. The fourth-order valence-corrected chi connectivity index (χ4v) is 7.86. The van der Waals surface area contributed by atoms with Gasteiger partial charge in [0.2, 0.25) is 0 Å². The molecule has 11 rings (SSSR count). The highest BCUT2D eigenvalue weighted by Crippen LogP contribution is 2.38. The topological polar surface area (TPSA) is 51.8 Å². The van der Waals surface area contributed by atoms with E-state index in [1.54, 1.807) is 0 Å². The van der Waals surface area contributed by atoms with Gasteiger partial charge in [0.05, 0.1) is 0 Å². The summed E-state index contributed by atoms with van der Waals surface area (Å²) in [6.45, 7) is 0. The lowest BCUT2D eigenvalue weighted by molar-refractivity contribution is 0.669. The van der Waals surface area contributed by atoms with E-state index >= 15 is 0 Å². The quantitative estimate of drug-likeness (QED) is 0.174. The third kappa shape index (κ3) is 4.88. The van der Waals surface area contributed by atoms with Gasteiger partial charge in [0.25, 0.3) is 0 Å². The number of fused-ring (bicyclic) bond motifs is 9. The number of benzene rings is 9. The summed E-state index contributed by atoms with van der Waals surface area (Å²) >= 11 is 0. The number of hydrogen-bond donors (Lipinski definition) is 0. The van der Waals surface area contributed by atoms with Gasteiger partial charge in [0.1, 0.15) is 11.2 Å². The molecule has 0 atom stereocenters. The molecule has 0 saturated carbocycles. The minimum atomic E-state index is 0.625. The van der Waals surface area contributed by atoms with Gasteiger partial charge < -0.3 is 4.42 Å². The van der Waals surface area contributed by atoms with Crippen LogP contribution in [0, 0.1) is 0 Å². The van der Waals surface area contributed by atoms with Gasteiger partial charge in [-0.2, -0.15) is 0 Å². The van der Waals surface area contributed by atoms with Crippen LogP contribution in [0.3, 0.4) is 0 Å². The van der Waals surface area contributed by atoms with Gasteiger partial charge in [0, 0.05) is 27.5 Å². The maximum absolute atomic E-state index is 6.19. The second kappa shape index (κ2) is 11.7. The minimum absolute atomic E-state index is 0.625. The summed E-state index contributed by atoms with van der Waals surface area (Å²) in [5.74, 6) is 1.90. The number of para-hydroxylation sites is 1. The van der Waals surface area contributed by atoms with E-state index in [9.17, 15) is 0 Å². The largest absolute Gasteiger partial charge is 0.456 e. The van der Waals surface area contributed by atoms with Crippen molar-refractivity contribution in [2.45, 2.75) is 0 Å². The van der Waals surface area contributed by atoms with Gasteiger partial charge in [-0.25, -0.2) is 15.0 Å². The number of hydrogen-bond acceptors (Lipinski definition) is 4. The molecule has 0 fully saturated rings. The van der Waals surface area contributed by atoms with Crippen molar-refractivity contribution in [2.75, 3.05) is 0 Å². The molecule has 0 amide bonds. The molecule has 0 aliphatic rings. The molecule has 11 aromatic rings. The Balaban J connectivity index is 1.09. The van der Waals surface area contributed by atoms with Crippen LogP contribution in [-0.2, 0) is 0 Å². The number of nitrogens with zero attached hydrogens (tertiary/aromatic N) is 3. The predicted molar refractivity (Wildman–Crippen MR) is 219 cm³/mol. The average molecular weight is 676 g/mol. The van der Waals surface area contributed by atoms with Crippen molar-refractivity contribution in [3.63, 3.8) is 0 Å². The molecule has 0 radical (unpaired) electrons. The molecule has 9 aromatic carbocycles. The van der Waals surface area contributed by atoms with Gasteiger partial charge in [-0.05, 0) is 78.5 Å². The van der Waals surface area contributed by atoms with E-state index in [0.29, 0.717) is 17.5 Å². The van der Waals surface area contributed by atoms with E-state index in [1.807, 2.05) is 18.2 Å². The van der Waals surface area contributed by atoms with Crippen molar-refractivity contribution < 1.29 is 4.42 Å². The Morgan fingerprint density at radius 1 is 0.302 bits per heavy atom. The molecule has 0 saturated heterocycles. The highest BCUT2D eigenvalue weighted by molar-refractivity contribution is 6.13. The summed E-state index contributed by atoms with van der Waals surface area (Å²) in [6.07, 6.45) is 0. The maximum atomic E-state index is 6.19. The van der Waals surface area contributed by atoms with Gasteiger partial charge in [0.15, 0.2) is 17.5 Å². The first-order valence-electron chi connectivity index (χ1n) is 17.8. The molecular formula is C49H29N3O. The first-order valence-corrected chi connectivity index (χ1v) is 17.8. The van der Waals surface area contributed by atoms with Crippen molar-refractivity contribution in [1.29, 1.82) is 0 Å². The summed E-state index contributed by atoms with van der Waals surface area (Å²) in [7, 11) is 0. The zero-order valence-electron chi connectivity index (χ0n) is 28.5. The molecule has 2 aromatic heterocycles. The monoisotopic (exact) mass is 675 g/mol. The van der Waals surface area contributed by atoms with E-state index in [0.717, 1.165) is 49.8 Å². The normalized spacial score (nSPS) is 11.8. The first-order chi connectivity index (χ1) is 26.2. The summed E-state index contributed by atoms with van der Waals surface area (Å²) < 4.78 is 6.19. The summed E-state index contributed by atoms with van der Waals surface area (Å²) in [5.41, 5.74) is 6.80. The third-order valence-corrected chi connectivity index (χ3v) is 10.5. The average Bonchev–Trinajstić information content (AvgIpc) is 3.62. The Labute approximate surface area is 304 Å². The van der Waals surface area contributed by atoms with Crippen LogP contribution < -0.4 is 0 Å². The molecule has 4 nitrogen and oxygen atoms in total. The molecule has 0 aliphatic heterocycles. The molecule has 53 heavy (non-hydrogen) atoms. The Kier molecular flexibility index (Phi) is 6.52. The Hall–Kier alpha value is -7.17. The lowest BCUT2D eigenvalue weighted by Gasteiger charge is -2.11. The maximum Gasteiger partial charge on any atom is 0.164 e. The molecule has 0 unspecified atom stereocenters. The fourth-order valence-electron chi connectivity index (χ4n) is 7.86. The van der Waals surface area contributed by atoms with Crippen LogP contribution in [0.25, 0.3) is 110 Å². The lowest BCUT2D eigenvalue weighted by Crippen LogP contribution is -2.00. The minimum Gasteiger partial charge on any atom is -0.456 e. The molecular weight excluding hydrogens is 647 g/mol. The van der Waals surface area contributed by atoms with Crippen LogP contribution in [0.5, 0.6) is 0 Å². The number of furan rings is 1. The van der Waals surface area contributed by atoms with Crippen LogP contribution in [0.1, 0.15) is 0 Å². The van der Waals surface area contributed by atoms with E-state index in [1.165, 1.54) is 43.1 Å². The third-order valence-electron chi connectivity index (χ3n) is 10.5. The standard InChI is InChI=1S/C49H29N3O/c1-3-10-38-30(8-1)16-18-33-22-26-36(28-42(33)38)48-50-47(51-49(52-48)37-27-23-34-19-17-31-9-2-4-11-39(31)43(34)29-37)35-24-20-32(21-25-35)40-13-7-15-45-46(40)41-12-5-6-14-44(41)53-45/h1-29H. The second-order valence-electron chi connectivity index (χ2n) is 13.6. The highest BCUT2D eigenvalue weighted by Gasteiger charge is 2.16. The van der Waals surface area contributed by atoms with Crippen molar-refractivity contribution in [1.82, 2.24) is 15.0 Å². The van der Waals surface area contributed by atoms with E-state index < -0.39 is 0 Å². The highest BCUT2D eigenvalue weighted by atomic mass is 16.3. The molecule has 0 aliphatic carbocycles. The lowest BCUT2D eigenvalue weighted by atomic mass is 9.98. The van der Waals surface area contributed by atoms with Crippen LogP contribution in [0.15, 0.2) is 180 Å². The van der Waals surface area contributed by atoms with Crippen LogP contribution in [0.2, 0.25) is 0 Å². The molecule has 0 bridgehead atoms. The van der Waals surface area contributed by atoms with Crippen LogP contribution in [0.4, 0.5) is 0 Å². The van der Waals surface area contributed by atoms with E-state index in [4.69, 9.17) is 19.4 Å². The van der Waals surface area contributed by atoms with Gasteiger partial charge in [-0.15, -0.1) is 0 Å². The van der Waals surface area contributed by atoms with Crippen LogP contribution in [-0.4, -0.2) is 15.0 Å². The molecule has 2 heterocycles. The molecule has 0 spiro atoms. The molecule has 4 heteroatoms. The van der Waals surface area contributed by atoms with Gasteiger partial charge >= 0.3 is 0 Å². The summed E-state index contributed by atoms with van der Waals surface area (Å²) in [4.78, 5) is 15.5. The summed E-state index contributed by atoms with van der Waals surface area (Å²) in [6, 6.07) is 61.7. The smallest absolute Gasteiger partial charge is 0.164 e. The summed E-state index contributed by atoms with van der Waals surface area (Å²) in [5, 5.41) is 11.8.